The first kappa shape index (κ1) is 12.7. The Kier molecular flexibility index (Phi) is 3.61. The Morgan fingerprint density at radius 1 is 1.21 bits per heavy atom. The maximum Gasteiger partial charge on any atom is 0.184 e. The molecule has 2 aliphatic rings. The molecule has 2 fully saturated rings. The Bertz CT molecular complexity index is 446. The summed E-state index contributed by atoms with van der Waals surface area (Å²) in [5.41, 5.74) is 0.905. The molecule has 0 unspecified atom stereocenters. The number of carbonyl (C=O) groups is 1. The van der Waals surface area contributed by atoms with Crippen molar-refractivity contribution in [1.29, 1.82) is 0 Å². The van der Waals surface area contributed by atoms with E-state index >= 15 is 0 Å². The van der Waals surface area contributed by atoms with Crippen LogP contribution in [0, 0.1) is 0 Å². The third kappa shape index (κ3) is 2.55. The van der Waals surface area contributed by atoms with Crippen molar-refractivity contribution in [3.05, 3.63) is 35.9 Å². The minimum atomic E-state index is -0.564. The molecule has 0 amide bonds. The lowest BCUT2D eigenvalue weighted by molar-refractivity contribution is -0.298. The first-order chi connectivity index (χ1) is 9.28. The van der Waals surface area contributed by atoms with Gasteiger partial charge in [0, 0.05) is 12.7 Å². The molecular weight excluding hydrogens is 248 g/mol. The molecule has 2 saturated heterocycles. The zero-order chi connectivity index (χ0) is 13.2. The van der Waals surface area contributed by atoms with Crippen molar-refractivity contribution in [1.82, 2.24) is 0 Å². The highest BCUT2D eigenvalue weighted by atomic mass is 16.7. The summed E-state index contributed by atoms with van der Waals surface area (Å²) in [6, 6.07) is 9.57. The van der Waals surface area contributed by atoms with E-state index in [4.69, 9.17) is 18.9 Å². The lowest BCUT2D eigenvalue weighted by atomic mass is 10.0. The second-order valence-corrected chi connectivity index (χ2v) is 4.64. The van der Waals surface area contributed by atoms with Crippen LogP contribution in [-0.4, -0.2) is 38.0 Å². The minimum Gasteiger partial charge on any atom is -0.355 e. The maximum atomic E-state index is 12.0. The highest BCUT2D eigenvalue weighted by molar-refractivity contribution is 5.84. The van der Waals surface area contributed by atoms with E-state index in [0.29, 0.717) is 6.61 Å². The predicted octanol–water partition coefficient (Wildman–Crippen LogP) is 1.43. The molecule has 0 bridgehead atoms. The zero-order valence-corrected chi connectivity index (χ0v) is 10.7. The minimum absolute atomic E-state index is 0.00679. The lowest BCUT2D eigenvalue weighted by Crippen LogP contribution is -2.53. The molecule has 3 rings (SSSR count). The molecule has 1 aromatic rings. The fourth-order valence-corrected chi connectivity index (χ4v) is 2.37. The van der Waals surface area contributed by atoms with E-state index in [1.807, 2.05) is 30.3 Å². The van der Waals surface area contributed by atoms with Gasteiger partial charge in [-0.15, -0.1) is 0 Å². The van der Waals surface area contributed by atoms with Gasteiger partial charge in [0.05, 0.1) is 13.0 Å². The van der Waals surface area contributed by atoms with Crippen molar-refractivity contribution in [2.24, 2.45) is 0 Å². The first-order valence-corrected chi connectivity index (χ1v) is 6.31. The second kappa shape index (κ2) is 5.38. The van der Waals surface area contributed by atoms with Crippen molar-refractivity contribution < 1.29 is 23.7 Å². The van der Waals surface area contributed by atoms with Gasteiger partial charge in [-0.3, -0.25) is 4.79 Å². The number of Topliss-reactive ketones (excluding diaryl/α,β-unsaturated/α-hetero) is 1. The van der Waals surface area contributed by atoms with Crippen LogP contribution in [0.25, 0.3) is 0 Å². The maximum absolute atomic E-state index is 12.0. The molecule has 5 heteroatoms. The van der Waals surface area contributed by atoms with Crippen LogP contribution in [-0.2, 0) is 23.7 Å². The van der Waals surface area contributed by atoms with Crippen LogP contribution in [0.4, 0.5) is 0 Å². The van der Waals surface area contributed by atoms with E-state index in [9.17, 15) is 4.79 Å². The Hall–Kier alpha value is -1.27. The van der Waals surface area contributed by atoms with Crippen LogP contribution < -0.4 is 0 Å². The molecule has 19 heavy (non-hydrogen) atoms. The summed E-state index contributed by atoms with van der Waals surface area (Å²) < 4.78 is 22.0. The predicted molar refractivity (Wildman–Crippen MR) is 65.3 cm³/mol. The van der Waals surface area contributed by atoms with Crippen LogP contribution in [0.2, 0.25) is 0 Å². The first-order valence-electron chi connectivity index (χ1n) is 6.31. The summed E-state index contributed by atoms with van der Waals surface area (Å²) in [7, 11) is 1.52. The van der Waals surface area contributed by atoms with Gasteiger partial charge in [0.25, 0.3) is 0 Å². The van der Waals surface area contributed by atoms with Crippen molar-refractivity contribution in [2.75, 3.05) is 13.7 Å². The van der Waals surface area contributed by atoms with Gasteiger partial charge in [0.15, 0.2) is 18.4 Å². The Morgan fingerprint density at radius 3 is 2.74 bits per heavy atom. The van der Waals surface area contributed by atoms with Crippen molar-refractivity contribution in [3.8, 4) is 0 Å². The normalized spacial score (nSPS) is 34.9. The molecule has 0 saturated carbocycles. The molecule has 102 valence electrons. The van der Waals surface area contributed by atoms with E-state index in [2.05, 4.69) is 0 Å². The fraction of sp³-hybridized carbons (Fsp3) is 0.500. The molecule has 2 heterocycles. The van der Waals surface area contributed by atoms with Crippen molar-refractivity contribution in [2.45, 2.75) is 31.2 Å². The van der Waals surface area contributed by atoms with E-state index in [1.54, 1.807) is 0 Å². The van der Waals surface area contributed by atoms with Crippen LogP contribution >= 0.6 is 0 Å². The van der Waals surface area contributed by atoms with Crippen LogP contribution in [0.15, 0.2) is 30.3 Å². The SMILES string of the molecule is CO[C@H]1CC(=O)[C@H]2O[C@@H](c3ccccc3)OC[C@@H]2O1. The highest BCUT2D eigenvalue weighted by Crippen LogP contribution is 2.31. The Balaban J connectivity index is 1.72. The number of carbonyl (C=O) groups excluding carboxylic acids is 1. The van der Waals surface area contributed by atoms with Gasteiger partial charge < -0.3 is 18.9 Å². The lowest BCUT2D eigenvalue weighted by Gasteiger charge is -2.40. The number of methoxy groups -OCH3 is 1. The molecule has 0 aliphatic carbocycles. The topological polar surface area (TPSA) is 54.0 Å². The number of hydrogen-bond acceptors (Lipinski definition) is 5. The van der Waals surface area contributed by atoms with E-state index in [1.165, 1.54) is 7.11 Å². The molecular formula is C14H16O5. The smallest absolute Gasteiger partial charge is 0.184 e. The number of benzene rings is 1. The average molecular weight is 264 g/mol. The quantitative estimate of drug-likeness (QED) is 0.809. The molecule has 1 aromatic carbocycles. The summed E-state index contributed by atoms with van der Waals surface area (Å²) in [5, 5.41) is 0. The largest absolute Gasteiger partial charge is 0.355 e. The van der Waals surface area contributed by atoms with Crippen molar-refractivity contribution >= 4 is 5.78 Å². The van der Waals surface area contributed by atoms with E-state index < -0.39 is 18.7 Å². The van der Waals surface area contributed by atoms with Crippen LogP contribution in [0.1, 0.15) is 18.3 Å². The van der Waals surface area contributed by atoms with Gasteiger partial charge in [-0.25, -0.2) is 0 Å². The monoisotopic (exact) mass is 264 g/mol. The number of hydrogen-bond donors (Lipinski definition) is 0. The van der Waals surface area contributed by atoms with Gasteiger partial charge in [-0.2, -0.15) is 0 Å². The van der Waals surface area contributed by atoms with Crippen molar-refractivity contribution in [3.63, 3.8) is 0 Å². The van der Waals surface area contributed by atoms with Crippen LogP contribution in [0.5, 0.6) is 0 Å². The average Bonchev–Trinajstić information content (AvgIpc) is 2.47. The molecule has 0 N–H and O–H groups in total. The summed E-state index contributed by atoms with van der Waals surface area (Å²) in [5.74, 6) is 0.00679. The number of ether oxygens (including phenoxy) is 4. The summed E-state index contributed by atoms with van der Waals surface area (Å²) >= 11 is 0. The molecule has 0 spiro atoms. The fourth-order valence-electron chi connectivity index (χ4n) is 2.37. The third-order valence-corrected chi connectivity index (χ3v) is 3.37. The molecule has 4 atom stereocenters. The highest BCUT2D eigenvalue weighted by Gasteiger charge is 2.43. The van der Waals surface area contributed by atoms with Gasteiger partial charge >= 0.3 is 0 Å². The van der Waals surface area contributed by atoms with Gasteiger partial charge in [0.2, 0.25) is 0 Å². The zero-order valence-electron chi connectivity index (χ0n) is 10.7. The standard InChI is InChI=1S/C14H16O5/c1-16-12-7-10(15)13-11(18-12)8-17-14(19-13)9-5-3-2-4-6-9/h2-6,11-14H,7-8H2,1H3/t11-,12+,13+,14-/m0/s1. The summed E-state index contributed by atoms with van der Waals surface area (Å²) in [6.45, 7) is 0.329. The Labute approximate surface area is 111 Å². The molecule has 0 aromatic heterocycles. The second-order valence-electron chi connectivity index (χ2n) is 4.64. The van der Waals surface area contributed by atoms with Crippen LogP contribution in [0.3, 0.4) is 0 Å². The number of fused-ring (bicyclic) bond motifs is 1. The molecule has 0 radical (unpaired) electrons. The van der Waals surface area contributed by atoms with Gasteiger partial charge in [0.1, 0.15) is 12.2 Å². The molecule has 5 nitrogen and oxygen atoms in total. The van der Waals surface area contributed by atoms with Gasteiger partial charge in [-0.05, 0) is 0 Å². The van der Waals surface area contributed by atoms with E-state index in [0.717, 1.165) is 5.56 Å². The molecule has 2 aliphatic heterocycles. The summed E-state index contributed by atoms with van der Waals surface area (Å²) in [6.07, 6.45) is -1.72. The third-order valence-electron chi connectivity index (χ3n) is 3.37. The number of ketones is 1. The number of rotatable bonds is 2. The Morgan fingerprint density at radius 2 is 2.00 bits per heavy atom. The summed E-state index contributed by atoms with van der Waals surface area (Å²) in [4.78, 5) is 12.0. The van der Waals surface area contributed by atoms with E-state index in [-0.39, 0.29) is 18.3 Å². The van der Waals surface area contributed by atoms with Gasteiger partial charge in [-0.1, -0.05) is 30.3 Å².